The fraction of sp³-hybridized carbons (Fsp3) is 0.190. The standard InChI is InChI=1S/C21H21NO4S/c1-4-22(20-11-7-9-16-8-5-6-10-18(16)20)27(24,25)17-13-12-15(2)19(14-17)21(23)26-3/h5-14H,4H2,1-3H3. The summed E-state index contributed by atoms with van der Waals surface area (Å²) in [5, 5.41) is 1.81. The van der Waals surface area contributed by atoms with E-state index in [0.29, 0.717) is 11.3 Å². The van der Waals surface area contributed by atoms with E-state index in [0.717, 1.165) is 10.8 Å². The summed E-state index contributed by atoms with van der Waals surface area (Å²) in [6.45, 7) is 3.79. The average molecular weight is 383 g/mol. The fourth-order valence-corrected chi connectivity index (χ4v) is 4.63. The molecule has 0 heterocycles. The number of methoxy groups -OCH3 is 1. The van der Waals surface area contributed by atoms with Gasteiger partial charge in [-0.1, -0.05) is 42.5 Å². The molecule has 0 saturated carbocycles. The van der Waals surface area contributed by atoms with Crippen molar-refractivity contribution in [2.24, 2.45) is 0 Å². The number of esters is 1. The van der Waals surface area contributed by atoms with Gasteiger partial charge in [0, 0.05) is 11.9 Å². The van der Waals surface area contributed by atoms with Crippen LogP contribution in [0.3, 0.4) is 0 Å². The van der Waals surface area contributed by atoms with Crippen LogP contribution in [-0.4, -0.2) is 28.0 Å². The summed E-state index contributed by atoms with van der Waals surface area (Å²) in [5.41, 5.74) is 1.51. The Morgan fingerprint density at radius 2 is 1.74 bits per heavy atom. The van der Waals surface area contributed by atoms with Crippen molar-refractivity contribution in [3.63, 3.8) is 0 Å². The van der Waals surface area contributed by atoms with Crippen molar-refractivity contribution in [2.45, 2.75) is 18.7 Å². The van der Waals surface area contributed by atoms with Crippen LogP contribution in [0.2, 0.25) is 0 Å². The van der Waals surface area contributed by atoms with E-state index in [1.807, 2.05) is 36.4 Å². The van der Waals surface area contributed by atoms with Crippen molar-refractivity contribution in [3.8, 4) is 0 Å². The molecule has 0 spiro atoms. The average Bonchev–Trinajstić information content (AvgIpc) is 2.68. The summed E-state index contributed by atoms with van der Waals surface area (Å²) >= 11 is 0. The maximum atomic E-state index is 13.4. The van der Waals surface area contributed by atoms with E-state index in [1.165, 1.54) is 23.5 Å². The number of aryl methyl sites for hydroxylation is 1. The second kappa shape index (κ2) is 7.40. The number of ether oxygens (including phenoxy) is 1. The van der Waals surface area contributed by atoms with Crippen LogP contribution in [0.1, 0.15) is 22.8 Å². The molecule has 140 valence electrons. The van der Waals surface area contributed by atoms with Gasteiger partial charge < -0.3 is 4.74 Å². The van der Waals surface area contributed by atoms with E-state index in [9.17, 15) is 13.2 Å². The van der Waals surface area contributed by atoms with Crippen LogP contribution in [0.15, 0.2) is 65.6 Å². The lowest BCUT2D eigenvalue weighted by atomic mass is 10.1. The lowest BCUT2D eigenvalue weighted by Crippen LogP contribution is -2.31. The number of benzene rings is 3. The third-order valence-electron chi connectivity index (χ3n) is 4.52. The first kappa shape index (κ1) is 18.9. The minimum absolute atomic E-state index is 0.0586. The van der Waals surface area contributed by atoms with Gasteiger partial charge in [-0.25, -0.2) is 13.2 Å². The SMILES string of the molecule is CCN(c1cccc2ccccc12)S(=O)(=O)c1ccc(C)c(C(=O)OC)c1. The molecular weight excluding hydrogens is 362 g/mol. The Morgan fingerprint density at radius 3 is 2.44 bits per heavy atom. The third kappa shape index (κ3) is 3.40. The molecule has 0 aliphatic carbocycles. The van der Waals surface area contributed by atoms with Crippen LogP contribution in [0.4, 0.5) is 5.69 Å². The zero-order valence-electron chi connectivity index (χ0n) is 15.5. The maximum Gasteiger partial charge on any atom is 0.338 e. The summed E-state index contributed by atoms with van der Waals surface area (Å²) < 4.78 is 32.8. The van der Waals surface area contributed by atoms with Crippen LogP contribution in [0.25, 0.3) is 10.8 Å². The second-order valence-corrected chi connectivity index (χ2v) is 8.00. The van der Waals surface area contributed by atoms with Gasteiger partial charge in [-0.3, -0.25) is 4.31 Å². The molecule has 6 heteroatoms. The summed E-state index contributed by atoms with van der Waals surface area (Å²) in [6.07, 6.45) is 0. The highest BCUT2D eigenvalue weighted by Crippen LogP contribution is 2.31. The van der Waals surface area contributed by atoms with Crippen molar-refractivity contribution in [2.75, 3.05) is 18.0 Å². The van der Waals surface area contributed by atoms with E-state index < -0.39 is 16.0 Å². The minimum atomic E-state index is -3.85. The molecule has 0 atom stereocenters. The van der Waals surface area contributed by atoms with E-state index >= 15 is 0 Å². The third-order valence-corrected chi connectivity index (χ3v) is 6.41. The van der Waals surface area contributed by atoms with Crippen LogP contribution in [0, 0.1) is 6.92 Å². The van der Waals surface area contributed by atoms with Crippen LogP contribution >= 0.6 is 0 Å². The van der Waals surface area contributed by atoms with Gasteiger partial charge in [0.25, 0.3) is 10.0 Å². The Balaban J connectivity index is 2.16. The Labute approximate surface area is 159 Å². The molecule has 0 saturated heterocycles. The van der Waals surface area contributed by atoms with Gasteiger partial charge in [-0.2, -0.15) is 0 Å². The quantitative estimate of drug-likeness (QED) is 0.621. The van der Waals surface area contributed by atoms with Crippen molar-refractivity contribution < 1.29 is 17.9 Å². The molecule has 5 nitrogen and oxygen atoms in total. The molecule has 0 N–H and O–H groups in total. The Bertz CT molecular complexity index is 1100. The number of carbonyl (C=O) groups excluding carboxylic acids is 1. The summed E-state index contributed by atoms with van der Waals surface area (Å²) in [6, 6.07) is 17.7. The number of hydrogen-bond acceptors (Lipinski definition) is 4. The van der Waals surface area contributed by atoms with Crippen LogP contribution in [-0.2, 0) is 14.8 Å². The van der Waals surface area contributed by atoms with Gasteiger partial charge in [0.15, 0.2) is 0 Å². The lowest BCUT2D eigenvalue weighted by Gasteiger charge is -2.24. The molecule has 0 amide bonds. The van der Waals surface area contributed by atoms with Gasteiger partial charge in [0.2, 0.25) is 0 Å². The number of rotatable bonds is 5. The molecule has 0 unspecified atom stereocenters. The summed E-state index contributed by atoms with van der Waals surface area (Å²) in [4.78, 5) is 12.0. The fourth-order valence-electron chi connectivity index (χ4n) is 3.11. The summed E-state index contributed by atoms with van der Waals surface area (Å²) in [7, 11) is -2.58. The minimum Gasteiger partial charge on any atom is -0.465 e. The van der Waals surface area contributed by atoms with Gasteiger partial charge in [-0.05, 0) is 43.0 Å². The first-order chi connectivity index (χ1) is 12.9. The number of carbonyl (C=O) groups is 1. The molecule has 0 bridgehead atoms. The van der Waals surface area contributed by atoms with Crippen molar-refractivity contribution >= 4 is 32.5 Å². The smallest absolute Gasteiger partial charge is 0.338 e. The monoisotopic (exact) mass is 383 g/mol. The molecule has 0 aliphatic heterocycles. The number of sulfonamides is 1. The van der Waals surface area contributed by atoms with Crippen LogP contribution in [0.5, 0.6) is 0 Å². The van der Waals surface area contributed by atoms with E-state index in [4.69, 9.17) is 4.74 Å². The first-order valence-electron chi connectivity index (χ1n) is 8.59. The molecule has 0 aliphatic rings. The van der Waals surface area contributed by atoms with E-state index in [1.54, 1.807) is 26.0 Å². The molecule has 3 aromatic carbocycles. The highest BCUT2D eigenvalue weighted by Gasteiger charge is 2.26. The zero-order chi connectivity index (χ0) is 19.6. The Hall–Kier alpha value is -2.86. The van der Waals surface area contributed by atoms with Gasteiger partial charge >= 0.3 is 5.97 Å². The van der Waals surface area contributed by atoms with Crippen LogP contribution < -0.4 is 4.31 Å². The predicted octanol–water partition coefficient (Wildman–Crippen LogP) is 4.15. The lowest BCUT2D eigenvalue weighted by molar-refractivity contribution is 0.0599. The maximum absolute atomic E-state index is 13.4. The number of nitrogens with zero attached hydrogens (tertiary/aromatic N) is 1. The summed E-state index contributed by atoms with van der Waals surface area (Å²) in [5.74, 6) is -0.558. The van der Waals surface area contributed by atoms with Crippen molar-refractivity contribution in [1.29, 1.82) is 0 Å². The van der Waals surface area contributed by atoms with Gasteiger partial charge in [0.1, 0.15) is 0 Å². The highest BCUT2D eigenvalue weighted by molar-refractivity contribution is 7.92. The van der Waals surface area contributed by atoms with Crippen molar-refractivity contribution in [3.05, 3.63) is 71.8 Å². The number of fused-ring (bicyclic) bond motifs is 1. The predicted molar refractivity (Wildman–Crippen MR) is 107 cm³/mol. The van der Waals surface area contributed by atoms with E-state index in [2.05, 4.69) is 0 Å². The van der Waals surface area contributed by atoms with Crippen molar-refractivity contribution in [1.82, 2.24) is 0 Å². The zero-order valence-corrected chi connectivity index (χ0v) is 16.3. The molecule has 0 fully saturated rings. The molecule has 0 aromatic heterocycles. The first-order valence-corrected chi connectivity index (χ1v) is 10.0. The normalized spacial score (nSPS) is 11.4. The molecular formula is C21H21NO4S. The largest absolute Gasteiger partial charge is 0.465 e. The molecule has 0 radical (unpaired) electrons. The highest BCUT2D eigenvalue weighted by atomic mass is 32.2. The van der Waals surface area contributed by atoms with Gasteiger partial charge in [-0.15, -0.1) is 0 Å². The molecule has 3 aromatic rings. The van der Waals surface area contributed by atoms with Gasteiger partial charge in [0.05, 0.1) is 23.3 Å². The topological polar surface area (TPSA) is 63.7 Å². The second-order valence-electron chi connectivity index (χ2n) is 6.14. The number of hydrogen-bond donors (Lipinski definition) is 0. The molecule has 27 heavy (non-hydrogen) atoms. The Kier molecular flexibility index (Phi) is 5.19. The Morgan fingerprint density at radius 1 is 1.04 bits per heavy atom. The molecule has 3 rings (SSSR count). The van der Waals surface area contributed by atoms with E-state index in [-0.39, 0.29) is 17.0 Å². The number of anilines is 1.